The molecule has 1 unspecified atom stereocenters. The number of benzene rings is 1. The Bertz CT molecular complexity index is 791. The number of carbonyl (C=O) groups is 3. The van der Waals surface area contributed by atoms with Crippen LogP contribution in [0.5, 0.6) is 0 Å². The van der Waals surface area contributed by atoms with Crippen molar-refractivity contribution in [3.8, 4) is 0 Å². The van der Waals surface area contributed by atoms with E-state index in [-0.39, 0.29) is 36.8 Å². The summed E-state index contributed by atoms with van der Waals surface area (Å²) in [5.74, 6) is -0.583. The van der Waals surface area contributed by atoms with Gasteiger partial charge in [0.2, 0.25) is 5.91 Å². The molecule has 150 valence electrons. The first-order chi connectivity index (χ1) is 13.5. The summed E-state index contributed by atoms with van der Waals surface area (Å²) in [5.41, 5.74) is 1.53. The molecule has 3 atom stereocenters. The molecule has 0 saturated heterocycles. The van der Waals surface area contributed by atoms with Gasteiger partial charge in [-0.25, -0.2) is 4.79 Å². The van der Waals surface area contributed by atoms with Gasteiger partial charge in [0.1, 0.15) is 0 Å². The molecule has 2 fully saturated rings. The van der Waals surface area contributed by atoms with Crippen molar-refractivity contribution in [2.75, 3.05) is 11.4 Å². The maximum absolute atomic E-state index is 13.1. The Balaban J connectivity index is 1.73. The molecule has 2 aliphatic carbocycles. The number of anilines is 1. The third kappa shape index (κ3) is 3.45. The van der Waals surface area contributed by atoms with Gasteiger partial charge >= 0.3 is 12.1 Å². The molecule has 4 rings (SSSR count). The third-order valence-corrected chi connectivity index (χ3v) is 6.35. The predicted octanol–water partition coefficient (Wildman–Crippen LogP) is 3.50. The number of fused-ring (bicyclic) bond motifs is 2. The van der Waals surface area contributed by atoms with Gasteiger partial charge in [0.25, 0.3) is 0 Å². The minimum absolute atomic E-state index is 0.0131. The van der Waals surface area contributed by atoms with Crippen LogP contribution >= 0.6 is 0 Å². The minimum Gasteiger partial charge on any atom is -0.481 e. The van der Waals surface area contributed by atoms with Gasteiger partial charge in [-0.15, -0.1) is 0 Å². The molecular weight excluding hydrogens is 360 g/mol. The highest BCUT2D eigenvalue weighted by Crippen LogP contribution is 2.51. The van der Waals surface area contributed by atoms with Gasteiger partial charge in [-0.2, -0.15) is 0 Å². The number of amides is 2. The molecular formula is C21H26N2O5. The number of para-hydroxylation sites is 1. The monoisotopic (exact) mass is 386 g/mol. The van der Waals surface area contributed by atoms with E-state index in [0.717, 1.165) is 37.7 Å². The second-order valence-electron chi connectivity index (χ2n) is 8.20. The van der Waals surface area contributed by atoms with E-state index in [9.17, 15) is 19.5 Å². The predicted molar refractivity (Wildman–Crippen MR) is 102 cm³/mol. The first kappa shape index (κ1) is 18.8. The van der Waals surface area contributed by atoms with Crippen LogP contribution in [0.1, 0.15) is 56.6 Å². The van der Waals surface area contributed by atoms with Gasteiger partial charge in [0, 0.05) is 24.9 Å². The highest BCUT2D eigenvalue weighted by Gasteiger charge is 2.49. The molecule has 1 heterocycles. The molecule has 0 bridgehead atoms. The number of carboxylic acid groups (broad SMARTS) is 2. The average Bonchev–Trinajstić information content (AvgIpc) is 3.36. The topological polar surface area (TPSA) is 98.2 Å². The van der Waals surface area contributed by atoms with Gasteiger partial charge in [0.15, 0.2) is 0 Å². The summed E-state index contributed by atoms with van der Waals surface area (Å²) in [4.78, 5) is 39.4. The van der Waals surface area contributed by atoms with E-state index in [1.54, 1.807) is 0 Å². The van der Waals surface area contributed by atoms with Crippen molar-refractivity contribution in [1.82, 2.24) is 4.90 Å². The second-order valence-corrected chi connectivity index (χ2v) is 8.20. The number of rotatable bonds is 6. The Morgan fingerprint density at radius 2 is 1.79 bits per heavy atom. The number of aliphatic carboxylic acids is 1. The number of hydrogen-bond donors (Lipinski definition) is 2. The summed E-state index contributed by atoms with van der Waals surface area (Å²) in [5, 5.41) is 18.9. The zero-order valence-corrected chi connectivity index (χ0v) is 15.8. The average molecular weight is 386 g/mol. The first-order valence-corrected chi connectivity index (χ1v) is 10.1. The first-order valence-electron chi connectivity index (χ1n) is 10.1. The number of nitrogens with zero attached hydrogens (tertiary/aromatic N) is 2. The van der Waals surface area contributed by atoms with E-state index in [4.69, 9.17) is 5.11 Å². The molecule has 2 saturated carbocycles. The highest BCUT2D eigenvalue weighted by molar-refractivity contribution is 5.90. The Morgan fingerprint density at radius 1 is 1.04 bits per heavy atom. The summed E-state index contributed by atoms with van der Waals surface area (Å²) < 4.78 is 0. The minimum atomic E-state index is -0.973. The van der Waals surface area contributed by atoms with Crippen LogP contribution in [0, 0.1) is 11.8 Å². The van der Waals surface area contributed by atoms with Crippen LogP contribution in [-0.2, 0) is 9.59 Å². The Labute approximate surface area is 163 Å². The van der Waals surface area contributed by atoms with Crippen LogP contribution in [0.2, 0.25) is 0 Å². The third-order valence-electron chi connectivity index (χ3n) is 6.35. The molecule has 0 radical (unpaired) electrons. The summed E-state index contributed by atoms with van der Waals surface area (Å²) >= 11 is 0. The van der Waals surface area contributed by atoms with Crippen molar-refractivity contribution >= 4 is 23.7 Å². The molecule has 0 aromatic heterocycles. The van der Waals surface area contributed by atoms with E-state index in [2.05, 4.69) is 0 Å². The van der Waals surface area contributed by atoms with E-state index >= 15 is 0 Å². The van der Waals surface area contributed by atoms with Crippen molar-refractivity contribution in [2.45, 2.75) is 57.0 Å². The van der Waals surface area contributed by atoms with Gasteiger partial charge < -0.3 is 15.1 Å². The summed E-state index contributed by atoms with van der Waals surface area (Å²) in [7, 11) is 0. The van der Waals surface area contributed by atoms with Crippen molar-refractivity contribution in [1.29, 1.82) is 0 Å². The molecule has 1 aliphatic heterocycles. The van der Waals surface area contributed by atoms with E-state index in [1.165, 1.54) is 4.90 Å². The molecule has 1 aromatic carbocycles. The largest absolute Gasteiger partial charge is 0.481 e. The molecule has 0 spiro atoms. The summed E-state index contributed by atoms with van der Waals surface area (Å²) in [6.07, 6.45) is 3.64. The lowest BCUT2D eigenvalue weighted by molar-refractivity contribution is -0.142. The van der Waals surface area contributed by atoms with Crippen LogP contribution < -0.4 is 4.90 Å². The molecule has 2 amide bonds. The van der Waals surface area contributed by atoms with Gasteiger partial charge in [-0.1, -0.05) is 24.6 Å². The van der Waals surface area contributed by atoms with Gasteiger partial charge in [-0.05, 0) is 43.2 Å². The van der Waals surface area contributed by atoms with Crippen LogP contribution in [0.4, 0.5) is 10.5 Å². The normalized spacial score (nSPS) is 25.7. The van der Waals surface area contributed by atoms with E-state index in [0.29, 0.717) is 18.2 Å². The van der Waals surface area contributed by atoms with Crippen LogP contribution in [0.15, 0.2) is 24.3 Å². The Morgan fingerprint density at radius 3 is 2.46 bits per heavy atom. The molecule has 7 heteroatoms. The van der Waals surface area contributed by atoms with Crippen LogP contribution in [0.3, 0.4) is 0 Å². The zero-order chi connectivity index (χ0) is 19.8. The lowest BCUT2D eigenvalue weighted by atomic mass is 9.81. The fourth-order valence-corrected chi connectivity index (χ4v) is 4.97. The Hall–Kier alpha value is -2.57. The highest BCUT2D eigenvalue weighted by atomic mass is 16.4. The molecule has 3 aliphatic rings. The van der Waals surface area contributed by atoms with Crippen LogP contribution in [-0.4, -0.2) is 45.7 Å². The molecule has 2 N–H and O–H groups in total. The molecule has 1 aromatic rings. The lowest BCUT2D eigenvalue weighted by Crippen LogP contribution is -2.52. The Kier molecular flexibility index (Phi) is 5.00. The van der Waals surface area contributed by atoms with E-state index < -0.39 is 12.1 Å². The quantitative estimate of drug-likeness (QED) is 0.780. The van der Waals surface area contributed by atoms with E-state index in [1.807, 2.05) is 29.2 Å². The molecule has 7 nitrogen and oxygen atoms in total. The van der Waals surface area contributed by atoms with Crippen molar-refractivity contribution in [2.24, 2.45) is 11.8 Å². The van der Waals surface area contributed by atoms with Gasteiger partial charge in [-0.3, -0.25) is 14.5 Å². The molecule has 28 heavy (non-hydrogen) atoms. The van der Waals surface area contributed by atoms with Crippen molar-refractivity contribution in [3.05, 3.63) is 29.8 Å². The van der Waals surface area contributed by atoms with Crippen LogP contribution in [0.25, 0.3) is 0 Å². The van der Waals surface area contributed by atoms with Crippen molar-refractivity contribution in [3.63, 3.8) is 0 Å². The smallest absolute Gasteiger partial charge is 0.412 e. The summed E-state index contributed by atoms with van der Waals surface area (Å²) in [6, 6.07) is 7.15. The van der Waals surface area contributed by atoms with Crippen molar-refractivity contribution < 1.29 is 24.6 Å². The number of carbonyl (C=O) groups excluding carboxylic acids is 1. The standard InChI is InChI=1S/C21H26N2O5/c24-18(10-11-19(25)26)22(12-13-8-9-13)20-14-4-1-2-6-16(14)23(21(27)28)17-7-3-5-15(17)20/h1-2,4,6,13,15,17,20H,3,5,7-12H2,(H,25,26)(H,27,28)/t15-,17+,20?/m0/s1. The maximum Gasteiger partial charge on any atom is 0.412 e. The second kappa shape index (κ2) is 7.45. The number of hydrogen-bond acceptors (Lipinski definition) is 3. The SMILES string of the molecule is O=C(O)CCC(=O)N(CC1CC1)C1c2ccccc2N(C(=O)O)[C@@H]2CCC[C@H]12. The fourth-order valence-electron chi connectivity index (χ4n) is 4.97. The lowest BCUT2D eigenvalue weighted by Gasteiger charge is -2.46. The maximum atomic E-state index is 13.1. The van der Waals surface area contributed by atoms with Gasteiger partial charge in [0.05, 0.1) is 18.2 Å². The zero-order valence-electron chi connectivity index (χ0n) is 15.8. The number of carboxylic acids is 1. The fraction of sp³-hybridized carbons (Fsp3) is 0.571. The summed E-state index contributed by atoms with van der Waals surface area (Å²) in [6.45, 7) is 0.633.